The van der Waals surface area contributed by atoms with Crippen molar-refractivity contribution in [3.05, 3.63) is 42.9 Å². The van der Waals surface area contributed by atoms with Gasteiger partial charge in [-0.15, -0.1) is 5.10 Å². The van der Waals surface area contributed by atoms with Crippen LogP contribution in [0.2, 0.25) is 0 Å². The molecule has 0 radical (unpaired) electrons. The molecule has 0 spiro atoms. The lowest BCUT2D eigenvalue weighted by atomic mass is 10.4. The van der Waals surface area contributed by atoms with E-state index in [1.165, 1.54) is 6.20 Å². The molecule has 0 aromatic carbocycles. The Morgan fingerprint density at radius 1 is 1.33 bits per heavy atom. The number of rotatable bonds is 2. The van der Waals surface area contributed by atoms with Crippen molar-refractivity contribution in [1.29, 1.82) is 0 Å². The summed E-state index contributed by atoms with van der Waals surface area (Å²) < 4.78 is 1.69. The second kappa shape index (κ2) is 4.21. The summed E-state index contributed by atoms with van der Waals surface area (Å²) in [5, 5.41) is 15.8. The van der Waals surface area contributed by atoms with Gasteiger partial charge in [0.05, 0.1) is 17.4 Å². The van der Waals surface area contributed by atoms with Gasteiger partial charge in [-0.25, -0.2) is 9.31 Å². The molecule has 18 heavy (non-hydrogen) atoms. The number of fused-ring (bicyclic) bond motifs is 1. The van der Waals surface area contributed by atoms with Gasteiger partial charge in [-0.3, -0.25) is 10.4 Å². The van der Waals surface area contributed by atoms with Gasteiger partial charge in [0, 0.05) is 18.5 Å². The van der Waals surface area contributed by atoms with Crippen LogP contribution in [-0.2, 0) is 0 Å². The highest BCUT2D eigenvalue weighted by Gasteiger charge is 2.06. The van der Waals surface area contributed by atoms with Gasteiger partial charge in [0.2, 0.25) is 0 Å². The molecule has 2 amide bonds. The number of hydrogen-bond acceptors (Lipinski definition) is 3. The van der Waals surface area contributed by atoms with Gasteiger partial charge in [0.1, 0.15) is 0 Å². The first kappa shape index (κ1) is 10.3. The van der Waals surface area contributed by atoms with Crippen molar-refractivity contribution in [3.63, 3.8) is 0 Å². The number of aromatic amines is 1. The molecular weight excluding hydrogens is 232 g/mol. The second-order valence-electron chi connectivity index (χ2n) is 3.67. The fraction of sp³-hybridized carbons (Fsp3) is 0. The lowest BCUT2D eigenvalue weighted by Crippen LogP contribution is -2.19. The molecule has 0 bridgehead atoms. The van der Waals surface area contributed by atoms with E-state index >= 15 is 0 Å². The molecule has 3 aromatic rings. The standard InChI is InChI=1S/C11H10N6O/c18-11(14-8-6-12-13-7-8)15-10-5-9-3-1-2-4-17(9)16-10/h1-7H,(H,12,13)(H2,14,15,16,18). The van der Waals surface area contributed by atoms with Crippen LogP contribution in [0.3, 0.4) is 0 Å². The summed E-state index contributed by atoms with van der Waals surface area (Å²) in [7, 11) is 0. The number of carbonyl (C=O) groups excluding carboxylic acids is 1. The molecule has 0 fully saturated rings. The van der Waals surface area contributed by atoms with E-state index in [1.54, 1.807) is 16.8 Å². The van der Waals surface area contributed by atoms with E-state index < -0.39 is 0 Å². The molecule has 0 aliphatic carbocycles. The maximum atomic E-state index is 11.6. The molecule has 0 atom stereocenters. The lowest BCUT2D eigenvalue weighted by molar-refractivity contribution is 0.262. The van der Waals surface area contributed by atoms with E-state index in [0.29, 0.717) is 11.5 Å². The zero-order valence-corrected chi connectivity index (χ0v) is 9.29. The fourth-order valence-electron chi connectivity index (χ4n) is 1.60. The van der Waals surface area contributed by atoms with E-state index in [-0.39, 0.29) is 6.03 Å². The molecular formula is C11H10N6O. The van der Waals surface area contributed by atoms with E-state index in [1.807, 2.05) is 24.4 Å². The van der Waals surface area contributed by atoms with Gasteiger partial charge >= 0.3 is 6.03 Å². The topological polar surface area (TPSA) is 87.1 Å². The average molecular weight is 242 g/mol. The summed E-state index contributed by atoms with van der Waals surface area (Å²) in [5.74, 6) is 0.488. The van der Waals surface area contributed by atoms with Gasteiger partial charge in [-0.2, -0.15) is 5.10 Å². The molecule has 90 valence electrons. The summed E-state index contributed by atoms with van der Waals surface area (Å²) in [6.45, 7) is 0. The van der Waals surface area contributed by atoms with Gasteiger partial charge in [-0.1, -0.05) is 6.07 Å². The third-order valence-corrected chi connectivity index (χ3v) is 2.37. The number of nitrogens with one attached hydrogen (secondary N) is 3. The maximum Gasteiger partial charge on any atom is 0.324 e. The number of hydrogen-bond donors (Lipinski definition) is 3. The average Bonchev–Trinajstić information content (AvgIpc) is 2.96. The number of amides is 2. The number of H-pyrrole nitrogens is 1. The Morgan fingerprint density at radius 2 is 2.28 bits per heavy atom. The van der Waals surface area contributed by atoms with Crippen LogP contribution in [0, 0.1) is 0 Å². The van der Waals surface area contributed by atoms with Crippen LogP contribution < -0.4 is 10.6 Å². The maximum absolute atomic E-state index is 11.6. The fourth-order valence-corrected chi connectivity index (χ4v) is 1.60. The predicted octanol–water partition coefficient (Wildman–Crippen LogP) is 1.70. The van der Waals surface area contributed by atoms with Crippen molar-refractivity contribution in [2.45, 2.75) is 0 Å². The first-order chi connectivity index (χ1) is 8.81. The summed E-state index contributed by atoms with van der Waals surface area (Å²) in [5.41, 5.74) is 1.51. The number of urea groups is 1. The van der Waals surface area contributed by atoms with Crippen molar-refractivity contribution in [3.8, 4) is 0 Å². The summed E-state index contributed by atoms with van der Waals surface area (Å²) >= 11 is 0. The van der Waals surface area contributed by atoms with Crippen molar-refractivity contribution < 1.29 is 4.79 Å². The van der Waals surface area contributed by atoms with Gasteiger partial charge in [-0.05, 0) is 12.1 Å². The first-order valence-electron chi connectivity index (χ1n) is 5.32. The smallest absolute Gasteiger partial charge is 0.305 e. The molecule has 0 aliphatic rings. The van der Waals surface area contributed by atoms with Crippen molar-refractivity contribution >= 4 is 23.1 Å². The highest BCUT2D eigenvalue weighted by molar-refractivity contribution is 5.99. The first-order valence-corrected chi connectivity index (χ1v) is 5.32. The Bertz CT molecular complexity index is 639. The number of pyridine rings is 1. The zero-order valence-electron chi connectivity index (χ0n) is 9.29. The second-order valence-corrected chi connectivity index (χ2v) is 3.67. The summed E-state index contributed by atoms with van der Waals surface area (Å²) in [6, 6.07) is 7.11. The van der Waals surface area contributed by atoms with Crippen molar-refractivity contribution in [2.24, 2.45) is 0 Å². The molecule has 7 nitrogen and oxygen atoms in total. The van der Waals surface area contributed by atoms with Crippen molar-refractivity contribution in [1.82, 2.24) is 19.8 Å². The number of nitrogens with zero attached hydrogens (tertiary/aromatic N) is 3. The van der Waals surface area contributed by atoms with Crippen LogP contribution >= 0.6 is 0 Å². The third-order valence-electron chi connectivity index (χ3n) is 2.37. The van der Waals surface area contributed by atoms with E-state index in [4.69, 9.17) is 0 Å². The van der Waals surface area contributed by atoms with Crippen LogP contribution in [0.1, 0.15) is 0 Å². The highest BCUT2D eigenvalue weighted by Crippen LogP contribution is 2.10. The zero-order chi connectivity index (χ0) is 12.4. The quantitative estimate of drug-likeness (QED) is 0.639. The summed E-state index contributed by atoms with van der Waals surface area (Å²) in [4.78, 5) is 11.6. The Labute approximate surface area is 102 Å². The Kier molecular flexibility index (Phi) is 2.41. The summed E-state index contributed by atoms with van der Waals surface area (Å²) in [6.07, 6.45) is 4.92. The number of aromatic nitrogens is 4. The normalized spacial score (nSPS) is 10.4. The number of carbonyl (C=O) groups is 1. The van der Waals surface area contributed by atoms with Crippen LogP contribution in [0.25, 0.3) is 5.52 Å². The molecule has 0 saturated heterocycles. The molecule has 0 aliphatic heterocycles. The largest absolute Gasteiger partial charge is 0.324 e. The minimum absolute atomic E-state index is 0.361. The van der Waals surface area contributed by atoms with Crippen LogP contribution in [-0.4, -0.2) is 25.8 Å². The van der Waals surface area contributed by atoms with Crippen LogP contribution in [0.4, 0.5) is 16.3 Å². The van der Waals surface area contributed by atoms with Crippen molar-refractivity contribution in [2.75, 3.05) is 10.6 Å². The van der Waals surface area contributed by atoms with Gasteiger partial charge in [0.15, 0.2) is 5.82 Å². The van der Waals surface area contributed by atoms with E-state index in [9.17, 15) is 4.79 Å². The van der Waals surface area contributed by atoms with Crippen LogP contribution in [0.5, 0.6) is 0 Å². The minimum Gasteiger partial charge on any atom is -0.305 e. The molecule has 0 unspecified atom stereocenters. The molecule has 3 heterocycles. The van der Waals surface area contributed by atoms with Crippen LogP contribution in [0.15, 0.2) is 42.9 Å². The molecule has 3 rings (SSSR count). The molecule has 7 heteroatoms. The monoisotopic (exact) mass is 242 g/mol. The molecule has 3 N–H and O–H groups in total. The predicted molar refractivity (Wildman–Crippen MR) is 66.4 cm³/mol. The van der Waals surface area contributed by atoms with Gasteiger partial charge < -0.3 is 5.32 Å². The lowest BCUT2D eigenvalue weighted by Gasteiger charge is -2.01. The SMILES string of the molecule is O=C(Nc1cn[nH]c1)Nc1cc2ccccn2n1. The van der Waals surface area contributed by atoms with Gasteiger partial charge in [0.25, 0.3) is 0 Å². The Hall–Kier alpha value is -2.83. The third kappa shape index (κ3) is 2.01. The minimum atomic E-state index is -0.361. The number of anilines is 2. The van der Waals surface area contributed by atoms with E-state index in [0.717, 1.165) is 5.52 Å². The molecule has 0 saturated carbocycles. The molecule has 3 aromatic heterocycles. The van der Waals surface area contributed by atoms with E-state index in [2.05, 4.69) is 25.9 Å². The Morgan fingerprint density at radius 3 is 3.06 bits per heavy atom. The Balaban J connectivity index is 1.74. The highest BCUT2D eigenvalue weighted by atomic mass is 16.2.